The van der Waals surface area contributed by atoms with E-state index < -0.39 is 17.7 Å². The summed E-state index contributed by atoms with van der Waals surface area (Å²) in [5.41, 5.74) is 2.94. The van der Waals surface area contributed by atoms with Gasteiger partial charge >= 0.3 is 0 Å². The molecule has 1 N–H and O–H groups in total. The number of ketones is 1. The van der Waals surface area contributed by atoms with Gasteiger partial charge in [0.05, 0.1) is 39.0 Å². The third-order valence-electron chi connectivity index (χ3n) is 6.90. The van der Waals surface area contributed by atoms with Crippen molar-refractivity contribution in [1.29, 1.82) is 0 Å². The number of aliphatic hydroxyl groups is 1. The lowest BCUT2D eigenvalue weighted by atomic mass is 9.92. The molecule has 36 heavy (non-hydrogen) atoms. The standard InChI is InChI=1S/C28H34N2O6/c1-18-6-7-19(2)21(16-18)26(31)24-25(22-17-20(34-3)8-9-23(22)35-4)30(28(33)27(24)32)11-5-10-29-12-14-36-15-13-29/h6-9,16-17,25,31H,5,10-15H2,1-4H3/b26-24+. The molecule has 8 nitrogen and oxygen atoms in total. The minimum atomic E-state index is -0.806. The first-order valence-electron chi connectivity index (χ1n) is 12.2. The molecule has 1 amide bonds. The molecule has 2 aliphatic heterocycles. The van der Waals surface area contributed by atoms with Crippen LogP contribution in [-0.4, -0.2) is 80.2 Å². The Bertz CT molecular complexity index is 1170. The third kappa shape index (κ3) is 5.10. The van der Waals surface area contributed by atoms with Crippen LogP contribution in [0, 0.1) is 13.8 Å². The normalized spacial score (nSPS) is 20.1. The van der Waals surface area contributed by atoms with E-state index >= 15 is 0 Å². The van der Waals surface area contributed by atoms with Crippen molar-refractivity contribution in [2.75, 3.05) is 53.6 Å². The zero-order valence-electron chi connectivity index (χ0n) is 21.4. The van der Waals surface area contributed by atoms with E-state index in [1.165, 1.54) is 0 Å². The van der Waals surface area contributed by atoms with Crippen LogP contribution in [0.2, 0.25) is 0 Å². The number of methoxy groups -OCH3 is 2. The molecule has 0 saturated carbocycles. The quantitative estimate of drug-likeness (QED) is 0.342. The predicted molar refractivity (Wildman–Crippen MR) is 136 cm³/mol. The molecule has 0 aliphatic carbocycles. The summed E-state index contributed by atoms with van der Waals surface area (Å²) in [4.78, 5) is 30.6. The Morgan fingerprint density at radius 3 is 2.47 bits per heavy atom. The maximum absolute atomic E-state index is 13.4. The van der Waals surface area contributed by atoms with E-state index in [0.717, 1.165) is 30.8 Å². The van der Waals surface area contributed by atoms with Gasteiger partial charge in [0.15, 0.2) is 0 Å². The van der Waals surface area contributed by atoms with Gasteiger partial charge in [-0.15, -0.1) is 0 Å². The molecule has 0 radical (unpaired) electrons. The van der Waals surface area contributed by atoms with Crippen LogP contribution in [0.1, 0.15) is 34.7 Å². The number of nitrogens with zero attached hydrogens (tertiary/aromatic N) is 2. The lowest BCUT2D eigenvalue weighted by molar-refractivity contribution is -0.140. The molecule has 1 atom stereocenters. The Balaban J connectivity index is 1.79. The molecule has 0 bridgehead atoms. The highest BCUT2D eigenvalue weighted by Gasteiger charge is 2.47. The van der Waals surface area contributed by atoms with E-state index in [1.807, 2.05) is 32.0 Å². The lowest BCUT2D eigenvalue weighted by Crippen LogP contribution is -2.39. The Labute approximate surface area is 212 Å². The van der Waals surface area contributed by atoms with Gasteiger partial charge < -0.3 is 24.2 Å². The van der Waals surface area contributed by atoms with Crippen LogP contribution in [0.25, 0.3) is 5.76 Å². The number of ether oxygens (including phenoxy) is 3. The number of Topliss-reactive ketones (excluding diaryl/α,β-unsaturated/α-hetero) is 1. The highest BCUT2D eigenvalue weighted by atomic mass is 16.5. The summed E-state index contributed by atoms with van der Waals surface area (Å²) in [5.74, 6) is -0.433. The van der Waals surface area contributed by atoms with Crippen molar-refractivity contribution in [2.24, 2.45) is 0 Å². The summed E-state index contributed by atoms with van der Waals surface area (Å²) in [5, 5.41) is 11.5. The number of hydrogen-bond acceptors (Lipinski definition) is 7. The van der Waals surface area contributed by atoms with Crippen molar-refractivity contribution in [1.82, 2.24) is 9.80 Å². The van der Waals surface area contributed by atoms with Crippen LogP contribution in [0.5, 0.6) is 11.5 Å². The van der Waals surface area contributed by atoms with Gasteiger partial charge in [-0.1, -0.05) is 17.7 Å². The van der Waals surface area contributed by atoms with Crippen molar-refractivity contribution < 1.29 is 28.9 Å². The first-order valence-corrected chi connectivity index (χ1v) is 12.2. The number of hydrogen-bond donors (Lipinski definition) is 1. The number of benzene rings is 2. The summed E-state index contributed by atoms with van der Waals surface area (Å²) in [6.45, 7) is 8.01. The van der Waals surface area contributed by atoms with Gasteiger partial charge in [0.2, 0.25) is 0 Å². The molecular formula is C28H34N2O6. The van der Waals surface area contributed by atoms with Crippen LogP contribution in [-0.2, 0) is 14.3 Å². The molecule has 2 saturated heterocycles. The van der Waals surface area contributed by atoms with E-state index in [2.05, 4.69) is 4.90 Å². The SMILES string of the molecule is COc1ccc(OC)c(C2/C(=C(\O)c3cc(C)ccc3C)C(=O)C(=O)N2CCCN2CCOCC2)c1. The van der Waals surface area contributed by atoms with Crippen LogP contribution in [0.15, 0.2) is 42.0 Å². The molecule has 4 rings (SSSR count). The van der Waals surface area contributed by atoms with Crippen molar-refractivity contribution >= 4 is 17.4 Å². The predicted octanol–water partition coefficient (Wildman–Crippen LogP) is 3.46. The minimum absolute atomic E-state index is 0.0617. The molecule has 2 heterocycles. The second kappa shape index (κ2) is 11.1. The monoisotopic (exact) mass is 494 g/mol. The van der Waals surface area contributed by atoms with Crippen LogP contribution >= 0.6 is 0 Å². The molecular weight excluding hydrogens is 460 g/mol. The fraction of sp³-hybridized carbons (Fsp3) is 0.429. The highest BCUT2D eigenvalue weighted by Crippen LogP contribution is 2.44. The number of morpholine rings is 1. The summed E-state index contributed by atoms with van der Waals surface area (Å²) < 4.78 is 16.5. The molecule has 2 aliphatic rings. The maximum atomic E-state index is 13.4. The number of amides is 1. The fourth-order valence-corrected chi connectivity index (χ4v) is 4.91. The van der Waals surface area contributed by atoms with E-state index in [0.29, 0.717) is 48.8 Å². The molecule has 0 aromatic heterocycles. The summed E-state index contributed by atoms with van der Waals surface area (Å²) >= 11 is 0. The Kier molecular flexibility index (Phi) is 7.96. The van der Waals surface area contributed by atoms with Gasteiger partial charge in [-0.3, -0.25) is 14.5 Å². The van der Waals surface area contributed by atoms with Gasteiger partial charge in [0, 0.05) is 37.3 Å². The third-order valence-corrected chi connectivity index (χ3v) is 6.90. The van der Waals surface area contributed by atoms with Crippen LogP contribution in [0.4, 0.5) is 0 Å². The highest BCUT2D eigenvalue weighted by molar-refractivity contribution is 6.46. The number of rotatable bonds is 8. The smallest absolute Gasteiger partial charge is 0.295 e. The minimum Gasteiger partial charge on any atom is -0.507 e. The molecule has 2 fully saturated rings. The van der Waals surface area contributed by atoms with Gasteiger partial charge in [0.1, 0.15) is 17.3 Å². The molecule has 192 valence electrons. The molecule has 2 aromatic rings. The zero-order chi connectivity index (χ0) is 25.8. The van der Waals surface area contributed by atoms with Crippen molar-refractivity contribution in [3.63, 3.8) is 0 Å². The van der Waals surface area contributed by atoms with E-state index in [-0.39, 0.29) is 11.3 Å². The number of likely N-dealkylation sites (tertiary alicyclic amines) is 1. The molecule has 8 heteroatoms. The van der Waals surface area contributed by atoms with Crippen molar-refractivity contribution in [3.8, 4) is 11.5 Å². The number of aliphatic hydroxyl groups excluding tert-OH is 1. The lowest BCUT2D eigenvalue weighted by Gasteiger charge is -2.29. The topological polar surface area (TPSA) is 88.5 Å². The number of carbonyl (C=O) groups is 2. The number of carbonyl (C=O) groups excluding carboxylic acids is 2. The molecule has 0 spiro atoms. The fourth-order valence-electron chi connectivity index (χ4n) is 4.91. The van der Waals surface area contributed by atoms with Gasteiger partial charge in [0.25, 0.3) is 11.7 Å². The van der Waals surface area contributed by atoms with Crippen molar-refractivity contribution in [3.05, 3.63) is 64.2 Å². The second-order valence-electron chi connectivity index (χ2n) is 9.23. The Morgan fingerprint density at radius 1 is 1.03 bits per heavy atom. The van der Waals surface area contributed by atoms with Crippen molar-refractivity contribution in [2.45, 2.75) is 26.3 Å². The molecule has 2 aromatic carbocycles. The Morgan fingerprint density at radius 2 is 1.78 bits per heavy atom. The van der Waals surface area contributed by atoms with E-state index in [4.69, 9.17) is 14.2 Å². The zero-order valence-corrected chi connectivity index (χ0v) is 21.4. The first-order chi connectivity index (χ1) is 17.3. The summed E-state index contributed by atoms with van der Waals surface area (Å²) in [6, 6.07) is 10.1. The Hall–Kier alpha value is -3.36. The van der Waals surface area contributed by atoms with Crippen LogP contribution in [0.3, 0.4) is 0 Å². The largest absolute Gasteiger partial charge is 0.507 e. The van der Waals surface area contributed by atoms with Gasteiger partial charge in [-0.25, -0.2) is 0 Å². The average molecular weight is 495 g/mol. The average Bonchev–Trinajstić information content (AvgIpc) is 3.14. The first kappa shape index (κ1) is 25.7. The maximum Gasteiger partial charge on any atom is 0.295 e. The van der Waals surface area contributed by atoms with E-state index in [1.54, 1.807) is 37.3 Å². The molecule has 1 unspecified atom stereocenters. The summed E-state index contributed by atoms with van der Waals surface area (Å²) in [7, 11) is 3.10. The number of aryl methyl sites for hydroxylation is 2. The summed E-state index contributed by atoms with van der Waals surface area (Å²) in [6.07, 6.45) is 0.680. The second-order valence-corrected chi connectivity index (χ2v) is 9.23. The van der Waals surface area contributed by atoms with Gasteiger partial charge in [-0.05, 0) is 50.1 Å². The van der Waals surface area contributed by atoms with Gasteiger partial charge in [-0.2, -0.15) is 0 Å². The van der Waals surface area contributed by atoms with E-state index in [9.17, 15) is 14.7 Å². The van der Waals surface area contributed by atoms with Crippen LogP contribution < -0.4 is 9.47 Å².